The van der Waals surface area contributed by atoms with Crippen LogP contribution < -0.4 is 0 Å². The quantitative estimate of drug-likeness (QED) is 0.498. The van der Waals surface area contributed by atoms with Crippen LogP contribution in [0.1, 0.15) is 45.4 Å². The third-order valence-corrected chi connectivity index (χ3v) is 2.71. The summed E-state index contributed by atoms with van der Waals surface area (Å²) in [6.07, 6.45) is 9.79. The Kier molecular flexibility index (Phi) is 5.69. The maximum absolute atomic E-state index is 5.74. The lowest BCUT2D eigenvalue weighted by Crippen LogP contribution is -2.20. The van der Waals surface area contributed by atoms with Crippen LogP contribution in [0.2, 0.25) is 0 Å². The molecule has 0 aromatic carbocycles. The summed E-state index contributed by atoms with van der Waals surface area (Å²) in [7, 11) is 1.69. The highest BCUT2D eigenvalue weighted by Gasteiger charge is 2.16. The van der Waals surface area contributed by atoms with Crippen LogP contribution in [0.25, 0.3) is 0 Å². The standard InChI is InChI=1S/C12H22O2/c1-3-4-5-6-12-8-7-11(9-13-2)10-14-12/h9,12H,3-8,10H2,1-2H3/b11-9+. The molecule has 0 saturated carbocycles. The van der Waals surface area contributed by atoms with E-state index in [0.29, 0.717) is 6.10 Å². The lowest BCUT2D eigenvalue weighted by molar-refractivity contribution is 0.0332. The fourth-order valence-corrected chi connectivity index (χ4v) is 1.84. The Hall–Kier alpha value is -0.500. The van der Waals surface area contributed by atoms with Crippen LogP contribution in [-0.2, 0) is 9.47 Å². The molecule has 0 aliphatic carbocycles. The predicted octanol–water partition coefficient (Wildman–Crippen LogP) is 3.28. The number of unbranched alkanes of at least 4 members (excludes halogenated alkanes) is 2. The molecule has 2 nitrogen and oxygen atoms in total. The van der Waals surface area contributed by atoms with Crippen LogP contribution in [0.4, 0.5) is 0 Å². The highest BCUT2D eigenvalue weighted by molar-refractivity contribution is 5.01. The van der Waals surface area contributed by atoms with Gasteiger partial charge in [-0.05, 0) is 24.8 Å². The number of methoxy groups -OCH3 is 1. The molecular formula is C12H22O2. The number of hydrogen-bond acceptors (Lipinski definition) is 2. The van der Waals surface area contributed by atoms with E-state index in [1.165, 1.54) is 37.7 Å². The molecule has 0 amide bonds. The number of rotatable bonds is 5. The zero-order valence-corrected chi connectivity index (χ0v) is 9.42. The van der Waals surface area contributed by atoms with Crippen LogP contribution in [0.15, 0.2) is 11.8 Å². The van der Waals surface area contributed by atoms with Crippen molar-refractivity contribution in [2.24, 2.45) is 0 Å². The summed E-state index contributed by atoms with van der Waals surface area (Å²) >= 11 is 0. The summed E-state index contributed by atoms with van der Waals surface area (Å²) in [5.41, 5.74) is 1.29. The van der Waals surface area contributed by atoms with Crippen LogP contribution in [0.5, 0.6) is 0 Å². The second kappa shape index (κ2) is 6.88. The van der Waals surface area contributed by atoms with Crippen molar-refractivity contribution < 1.29 is 9.47 Å². The van der Waals surface area contributed by atoms with Crippen LogP contribution in [0.3, 0.4) is 0 Å². The van der Waals surface area contributed by atoms with Crippen molar-refractivity contribution in [1.82, 2.24) is 0 Å². The first-order valence-corrected chi connectivity index (χ1v) is 5.69. The molecule has 0 aromatic rings. The summed E-state index contributed by atoms with van der Waals surface area (Å²) in [5, 5.41) is 0. The van der Waals surface area contributed by atoms with Gasteiger partial charge in [0.1, 0.15) is 0 Å². The maximum Gasteiger partial charge on any atom is 0.0839 e. The minimum Gasteiger partial charge on any atom is -0.504 e. The van der Waals surface area contributed by atoms with Gasteiger partial charge in [0.15, 0.2) is 0 Å². The maximum atomic E-state index is 5.74. The Morgan fingerprint density at radius 3 is 2.93 bits per heavy atom. The zero-order valence-electron chi connectivity index (χ0n) is 9.42. The first-order valence-electron chi connectivity index (χ1n) is 5.69. The van der Waals surface area contributed by atoms with E-state index in [2.05, 4.69) is 6.92 Å². The molecule has 1 heterocycles. The molecule has 1 fully saturated rings. The Balaban J connectivity index is 2.12. The third-order valence-electron chi connectivity index (χ3n) is 2.71. The Bertz CT molecular complexity index is 165. The second-order valence-corrected chi connectivity index (χ2v) is 3.98. The van der Waals surface area contributed by atoms with Crippen LogP contribution >= 0.6 is 0 Å². The zero-order chi connectivity index (χ0) is 10.2. The van der Waals surface area contributed by atoms with Gasteiger partial charge in [0.2, 0.25) is 0 Å². The monoisotopic (exact) mass is 198 g/mol. The van der Waals surface area contributed by atoms with E-state index in [4.69, 9.17) is 9.47 Å². The normalized spacial score (nSPS) is 25.3. The minimum absolute atomic E-state index is 0.496. The topological polar surface area (TPSA) is 18.5 Å². The molecule has 2 heteroatoms. The summed E-state index contributed by atoms with van der Waals surface area (Å²) < 4.78 is 10.7. The van der Waals surface area contributed by atoms with Gasteiger partial charge in [0.05, 0.1) is 26.1 Å². The highest BCUT2D eigenvalue weighted by Crippen LogP contribution is 2.21. The van der Waals surface area contributed by atoms with Gasteiger partial charge in [-0.25, -0.2) is 0 Å². The van der Waals surface area contributed by atoms with Gasteiger partial charge in [-0.2, -0.15) is 0 Å². The van der Waals surface area contributed by atoms with Gasteiger partial charge < -0.3 is 9.47 Å². The van der Waals surface area contributed by atoms with Crippen LogP contribution in [-0.4, -0.2) is 19.8 Å². The molecule has 0 aromatic heterocycles. The van der Waals surface area contributed by atoms with Gasteiger partial charge in [-0.1, -0.05) is 26.2 Å². The molecule has 1 rings (SSSR count). The molecule has 0 radical (unpaired) electrons. The molecular weight excluding hydrogens is 176 g/mol. The average molecular weight is 198 g/mol. The Labute approximate surface area is 87.3 Å². The molecule has 1 aliphatic rings. The smallest absolute Gasteiger partial charge is 0.0839 e. The van der Waals surface area contributed by atoms with Gasteiger partial charge in [-0.15, -0.1) is 0 Å². The lowest BCUT2D eigenvalue weighted by atomic mass is 10.0. The predicted molar refractivity (Wildman–Crippen MR) is 58.2 cm³/mol. The van der Waals surface area contributed by atoms with Crippen molar-refractivity contribution in [2.75, 3.05) is 13.7 Å². The summed E-state index contributed by atoms with van der Waals surface area (Å²) in [6.45, 7) is 3.01. The molecule has 1 aliphatic heterocycles. The summed E-state index contributed by atoms with van der Waals surface area (Å²) in [6, 6.07) is 0. The number of hydrogen-bond donors (Lipinski definition) is 0. The van der Waals surface area contributed by atoms with E-state index in [9.17, 15) is 0 Å². The molecule has 1 saturated heterocycles. The molecule has 14 heavy (non-hydrogen) atoms. The van der Waals surface area contributed by atoms with E-state index in [1.54, 1.807) is 7.11 Å². The molecule has 1 unspecified atom stereocenters. The van der Waals surface area contributed by atoms with E-state index in [0.717, 1.165) is 13.0 Å². The molecule has 0 spiro atoms. The van der Waals surface area contributed by atoms with Crippen molar-refractivity contribution >= 4 is 0 Å². The SMILES string of the molecule is CCCCCC1CC/C(=C\OC)CO1. The fourth-order valence-electron chi connectivity index (χ4n) is 1.84. The molecule has 82 valence electrons. The van der Waals surface area contributed by atoms with Gasteiger partial charge >= 0.3 is 0 Å². The first-order chi connectivity index (χ1) is 6.86. The van der Waals surface area contributed by atoms with E-state index in [-0.39, 0.29) is 0 Å². The number of ether oxygens (including phenoxy) is 2. The van der Waals surface area contributed by atoms with E-state index in [1.807, 2.05) is 6.26 Å². The minimum atomic E-state index is 0.496. The summed E-state index contributed by atoms with van der Waals surface area (Å²) in [5.74, 6) is 0. The van der Waals surface area contributed by atoms with Crippen molar-refractivity contribution in [2.45, 2.75) is 51.6 Å². The van der Waals surface area contributed by atoms with Crippen molar-refractivity contribution in [3.05, 3.63) is 11.8 Å². The van der Waals surface area contributed by atoms with Gasteiger partial charge in [0.25, 0.3) is 0 Å². The first kappa shape index (κ1) is 11.6. The molecule has 0 N–H and O–H groups in total. The van der Waals surface area contributed by atoms with E-state index < -0.39 is 0 Å². The highest BCUT2D eigenvalue weighted by atomic mass is 16.5. The molecule has 1 atom stereocenters. The Morgan fingerprint density at radius 2 is 2.36 bits per heavy atom. The molecule has 0 bridgehead atoms. The largest absolute Gasteiger partial charge is 0.504 e. The fraction of sp³-hybridized carbons (Fsp3) is 0.833. The van der Waals surface area contributed by atoms with E-state index >= 15 is 0 Å². The van der Waals surface area contributed by atoms with Crippen molar-refractivity contribution in [1.29, 1.82) is 0 Å². The van der Waals surface area contributed by atoms with Gasteiger partial charge in [-0.3, -0.25) is 0 Å². The third kappa shape index (κ3) is 4.14. The van der Waals surface area contributed by atoms with Crippen LogP contribution in [0, 0.1) is 0 Å². The van der Waals surface area contributed by atoms with Crippen molar-refractivity contribution in [3.63, 3.8) is 0 Å². The average Bonchev–Trinajstić information content (AvgIpc) is 2.21. The lowest BCUT2D eigenvalue weighted by Gasteiger charge is -2.24. The summed E-state index contributed by atoms with van der Waals surface area (Å²) in [4.78, 5) is 0. The second-order valence-electron chi connectivity index (χ2n) is 3.98. The Morgan fingerprint density at radius 1 is 1.50 bits per heavy atom. The van der Waals surface area contributed by atoms with Gasteiger partial charge in [0, 0.05) is 0 Å². The van der Waals surface area contributed by atoms with Crippen molar-refractivity contribution in [3.8, 4) is 0 Å².